The second-order valence-corrected chi connectivity index (χ2v) is 6.66. The molecule has 1 aromatic carbocycles. The average Bonchev–Trinajstić information content (AvgIpc) is 2.53. The van der Waals surface area contributed by atoms with Gasteiger partial charge in [0, 0.05) is 26.2 Å². The molecule has 0 aliphatic carbocycles. The van der Waals surface area contributed by atoms with Crippen molar-refractivity contribution in [2.45, 2.75) is 39.4 Å². The van der Waals surface area contributed by atoms with Gasteiger partial charge in [-0.05, 0) is 23.5 Å². The molecular weight excluding hydrogens is 361 g/mol. The predicted molar refractivity (Wildman–Crippen MR) is 106 cm³/mol. The first kappa shape index (κ1) is 24.1. The molecule has 0 aromatic heterocycles. The van der Waals surface area contributed by atoms with E-state index >= 15 is 0 Å². The van der Waals surface area contributed by atoms with E-state index in [9.17, 15) is 4.79 Å². The number of carbonyl (C=O) groups excluding carboxylic acids is 1. The van der Waals surface area contributed by atoms with Crippen LogP contribution in [0.3, 0.4) is 0 Å². The summed E-state index contributed by atoms with van der Waals surface area (Å²) in [6.45, 7) is 9.17. The van der Waals surface area contributed by atoms with Crippen LogP contribution in [0.4, 0.5) is 0 Å². The second kappa shape index (κ2) is 12.5. The molecule has 1 aromatic rings. The highest BCUT2D eigenvalue weighted by molar-refractivity contribution is 5.85. The minimum Gasteiger partial charge on any atom is -0.379 e. The van der Waals surface area contributed by atoms with Gasteiger partial charge in [0.2, 0.25) is 5.91 Å². The maximum absolute atomic E-state index is 12.0. The summed E-state index contributed by atoms with van der Waals surface area (Å²) in [5.74, 6) is 0.352. The molecule has 0 bridgehead atoms. The van der Waals surface area contributed by atoms with Crippen LogP contribution in [0.15, 0.2) is 24.3 Å². The highest BCUT2D eigenvalue weighted by atomic mass is 35.5. The molecular formula is C18H31Cl2N3O2. The zero-order chi connectivity index (χ0) is 16.7. The van der Waals surface area contributed by atoms with Crippen LogP contribution in [0.1, 0.15) is 31.4 Å². The molecule has 1 amide bonds. The van der Waals surface area contributed by atoms with Crippen molar-refractivity contribution < 1.29 is 9.53 Å². The van der Waals surface area contributed by atoms with Crippen molar-refractivity contribution in [3.8, 4) is 0 Å². The molecule has 25 heavy (non-hydrogen) atoms. The van der Waals surface area contributed by atoms with Crippen LogP contribution in [-0.2, 0) is 22.6 Å². The number of morpholine rings is 1. The van der Waals surface area contributed by atoms with Crippen LogP contribution in [0.2, 0.25) is 0 Å². The molecule has 1 heterocycles. The van der Waals surface area contributed by atoms with Crippen LogP contribution in [0.25, 0.3) is 0 Å². The fourth-order valence-electron chi connectivity index (χ4n) is 2.79. The van der Waals surface area contributed by atoms with Crippen molar-refractivity contribution in [2.24, 2.45) is 11.7 Å². The number of hydrogen-bond acceptors (Lipinski definition) is 4. The van der Waals surface area contributed by atoms with E-state index < -0.39 is 6.04 Å². The molecule has 0 unspecified atom stereocenters. The van der Waals surface area contributed by atoms with E-state index in [0.717, 1.165) is 38.4 Å². The number of nitrogens with two attached hydrogens (primary N) is 1. The topological polar surface area (TPSA) is 67.6 Å². The van der Waals surface area contributed by atoms with E-state index in [1.165, 1.54) is 5.56 Å². The fourth-order valence-corrected chi connectivity index (χ4v) is 2.79. The van der Waals surface area contributed by atoms with Crippen molar-refractivity contribution >= 4 is 30.7 Å². The van der Waals surface area contributed by atoms with Gasteiger partial charge in [-0.1, -0.05) is 38.1 Å². The van der Waals surface area contributed by atoms with Crippen molar-refractivity contribution in [3.05, 3.63) is 35.4 Å². The Bertz CT molecular complexity index is 509. The summed E-state index contributed by atoms with van der Waals surface area (Å²) in [5, 5.41) is 2.94. The highest BCUT2D eigenvalue weighted by Crippen LogP contribution is 2.10. The predicted octanol–water partition coefficient (Wildman–Crippen LogP) is 2.35. The fraction of sp³-hybridized carbons (Fsp3) is 0.611. The zero-order valence-electron chi connectivity index (χ0n) is 15.1. The van der Waals surface area contributed by atoms with E-state index in [1.54, 1.807) is 0 Å². The van der Waals surface area contributed by atoms with Gasteiger partial charge in [-0.25, -0.2) is 0 Å². The molecule has 1 atom stereocenters. The maximum atomic E-state index is 12.0. The summed E-state index contributed by atoms with van der Waals surface area (Å²) in [6.07, 6.45) is 0.711. The third-order valence-electron chi connectivity index (χ3n) is 4.03. The van der Waals surface area contributed by atoms with Gasteiger partial charge in [-0.15, -0.1) is 24.8 Å². The molecule has 1 aliphatic rings. The molecule has 0 radical (unpaired) electrons. The Kier molecular flexibility index (Phi) is 12.1. The van der Waals surface area contributed by atoms with Crippen LogP contribution in [0.5, 0.6) is 0 Å². The van der Waals surface area contributed by atoms with Gasteiger partial charge >= 0.3 is 0 Å². The molecule has 144 valence electrons. The van der Waals surface area contributed by atoms with E-state index in [4.69, 9.17) is 10.5 Å². The number of rotatable bonds is 7. The molecule has 1 saturated heterocycles. The van der Waals surface area contributed by atoms with Crippen molar-refractivity contribution in [3.63, 3.8) is 0 Å². The Morgan fingerprint density at radius 2 is 1.88 bits per heavy atom. The first-order valence-corrected chi connectivity index (χ1v) is 8.46. The van der Waals surface area contributed by atoms with Gasteiger partial charge in [-0.3, -0.25) is 9.69 Å². The smallest absolute Gasteiger partial charge is 0.237 e. The van der Waals surface area contributed by atoms with Crippen LogP contribution in [0, 0.1) is 5.92 Å². The summed E-state index contributed by atoms with van der Waals surface area (Å²) >= 11 is 0. The number of hydrogen-bond donors (Lipinski definition) is 2. The average molecular weight is 392 g/mol. The summed E-state index contributed by atoms with van der Waals surface area (Å²) in [6, 6.07) is 7.95. The van der Waals surface area contributed by atoms with Gasteiger partial charge < -0.3 is 15.8 Å². The molecule has 0 spiro atoms. The number of nitrogens with one attached hydrogen (secondary N) is 1. The van der Waals surface area contributed by atoms with Gasteiger partial charge in [-0.2, -0.15) is 0 Å². The molecule has 1 fully saturated rings. The normalized spacial score (nSPS) is 15.8. The van der Waals surface area contributed by atoms with E-state index in [-0.39, 0.29) is 30.7 Å². The minimum atomic E-state index is -0.425. The maximum Gasteiger partial charge on any atom is 0.237 e. The number of halogens is 2. The number of amides is 1. The first-order chi connectivity index (χ1) is 11.0. The largest absolute Gasteiger partial charge is 0.379 e. The van der Waals surface area contributed by atoms with Crippen LogP contribution in [-0.4, -0.2) is 43.2 Å². The number of nitrogens with zero attached hydrogens (tertiary/aromatic N) is 1. The lowest BCUT2D eigenvalue weighted by atomic mass is 10.0. The van der Waals surface area contributed by atoms with Crippen molar-refractivity contribution in [1.29, 1.82) is 0 Å². The molecule has 5 nitrogen and oxygen atoms in total. The Balaban J connectivity index is 0.00000288. The Morgan fingerprint density at radius 1 is 1.24 bits per heavy atom. The number of ether oxygens (including phenoxy) is 1. The monoisotopic (exact) mass is 391 g/mol. The Labute approximate surface area is 163 Å². The van der Waals surface area contributed by atoms with E-state index in [1.807, 2.05) is 12.1 Å². The highest BCUT2D eigenvalue weighted by Gasteiger charge is 2.15. The number of carbonyl (C=O) groups is 1. The molecule has 2 rings (SSSR count). The quantitative estimate of drug-likeness (QED) is 0.748. The molecule has 1 aliphatic heterocycles. The van der Waals surface area contributed by atoms with Crippen molar-refractivity contribution in [1.82, 2.24) is 10.2 Å². The summed E-state index contributed by atoms with van der Waals surface area (Å²) < 4.78 is 5.37. The summed E-state index contributed by atoms with van der Waals surface area (Å²) in [4.78, 5) is 14.4. The minimum absolute atomic E-state index is 0. The van der Waals surface area contributed by atoms with E-state index in [0.29, 0.717) is 18.9 Å². The Hall–Kier alpha value is -0.850. The third-order valence-corrected chi connectivity index (χ3v) is 4.03. The molecule has 0 saturated carbocycles. The van der Waals surface area contributed by atoms with E-state index in [2.05, 4.69) is 36.2 Å². The lowest BCUT2D eigenvalue weighted by Gasteiger charge is -2.26. The van der Waals surface area contributed by atoms with Crippen LogP contribution < -0.4 is 11.1 Å². The van der Waals surface area contributed by atoms with Crippen LogP contribution >= 0.6 is 24.8 Å². The van der Waals surface area contributed by atoms with Gasteiger partial charge in [0.05, 0.1) is 19.3 Å². The second-order valence-electron chi connectivity index (χ2n) is 6.66. The summed E-state index contributed by atoms with van der Waals surface area (Å²) in [7, 11) is 0. The van der Waals surface area contributed by atoms with Crippen molar-refractivity contribution in [2.75, 3.05) is 26.3 Å². The van der Waals surface area contributed by atoms with Gasteiger partial charge in [0.1, 0.15) is 0 Å². The number of benzene rings is 1. The standard InChI is InChI=1S/C18H29N3O2.2ClH/c1-14(2)10-17(19)18(22)20-12-15-4-3-5-16(11-15)13-21-6-8-23-9-7-21;;/h3-5,11,14,17H,6-10,12-13,19H2,1-2H3,(H,20,22);2*1H/t17-;;/m0../s1. The SMILES string of the molecule is CC(C)C[C@H](N)C(=O)NCc1cccc(CN2CCOCC2)c1.Cl.Cl. The molecule has 7 heteroatoms. The first-order valence-electron chi connectivity index (χ1n) is 8.46. The lowest BCUT2D eigenvalue weighted by molar-refractivity contribution is -0.122. The lowest BCUT2D eigenvalue weighted by Crippen LogP contribution is -2.41. The van der Waals surface area contributed by atoms with Gasteiger partial charge in [0.25, 0.3) is 0 Å². The Morgan fingerprint density at radius 3 is 2.52 bits per heavy atom. The van der Waals surface area contributed by atoms with Gasteiger partial charge in [0.15, 0.2) is 0 Å². The molecule has 3 N–H and O–H groups in total. The third kappa shape index (κ3) is 8.88. The zero-order valence-corrected chi connectivity index (χ0v) is 16.7. The summed E-state index contributed by atoms with van der Waals surface area (Å²) in [5.41, 5.74) is 8.29.